The summed E-state index contributed by atoms with van der Waals surface area (Å²) in [5.74, 6) is 0.956. The van der Waals surface area contributed by atoms with E-state index in [1.807, 2.05) is 0 Å². The van der Waals surface area contributed by atoms with Gasteiger partial charge in [0.25, 0.3) is 0 Å². The lowest BCUT2D eigenvalue weighted by Crippen LogP contribution is -2.39. The lowest BCUT2D eigenvalue weighted by molar-refractivity contribution is 0.304. The Morgan fingerprint density at radius 2 is 1.67 bits per heavy atom. The van der Waals surface area contributed by atoms with Crippen LogP contribution in [-0.4, -0.2) is 12.1 Å². The molecule has 0 heterocycles. The molecule has 0 radical (unpaired) electrons. The third-order valence-electron chi connectivity index (χ3n) is 2.65. The maximum absolute atomic E-state index is 3.59. The van der Waals surface area contributed by atoms with Crippen molar-refractivity contribution in [2.24, 2.45) is 5.92 Å². The van der Waals surface area contributed by atoms with E-state index < -0.39 is 0 Å². The van der Waals surface area contributed by atoms with Crippen molar-refractivity contribution < 1.29 is 0 Å². The molecule has 0 spiro atoms. The van der Waals surface area contributed by atoms with Crippen LogP contribution < -0.4 is 5.32 Å². The fourth-order valence-electron chi connectivity index (χ4n) is 1.84. The van der Waals surface area contributed by atoms with Crippen molar-refractivity contribution >= 4 is 0 Å². The first-order chi connectivity index (χ1) is 5.58. The number of hydrogen-bond donors (Lipinski definition) is 1. The molecule has 0 bridgehead atoms. The summed E-state index contributed by atoms with van der Waals surface area (Å²) >= 11 is 0. The Bertz CT molecular complexity index is 117. The molecular weight excluding hydrogens is 146 g/mol. The molecule has 0 aromatic rings. The SMILES string of the molecule is CC(C)(C)NCC1CCCCC1. The van der Waals surface area contributed by atoms with Crippen LogP contribution in [0.25, 0.3) is 0 Å². The van der Waals surface area contributed by atoms with Gasteiger partial charge in [0.05, 0.1) is 0 Å². The van der Waals surface area contributed by atoms with E-state index >= 15 is 0 Å². The van der Waals surface area contributed by atoms with Crippen LogP contribution in [0.5, 0.6) is 0 Å². The predicted octanol–water partition coefficient (Wildman–Crippen LogP) is 2.95. The Kier molecular flexibility index (Phi) is 3.57. The molecule has 0 saturated heterocycles. The van der Waals surface area contributed by atoms with Gasteiger partial charge >= 0.3 is 0 Å². The highest BCUT2D eigenvalue weighted by Gasteiger charge is 2.16. The van der Waals surface area contributed by atoms with Crippen LogP contribution in [0.2, 0.25) is 0 Å². The fourth-order valence-corrected chi connectivity index (χ4v) is 1.84. The zero-order chi connectivity index (χ0) is 9.03. The van der Waals surface area contributed by atoms with E-state index in [1.165, 1.54) is 38.6 Å². The lowest BCUT2D eigenvalue weighted by atomic mass is 9.89. The van der Waals surface area contributed by atoms with Gasteiger partial charge in [-0.15, -0.1) is 0 Å². The van der Waals surface area contributed by atoms with E-state index in [-0.39, 0.29) is 0 Å². The van der Waals surface area contributed by atoms with Crippen LogP contribution in [0.4, 0.5) is 0 Å². The van der Waals surface area contributed by atoms with Crippen molar-refractivity contribution in [1.82, 2.24) is 5.32 Å². The standard InChI is InChI=1S/C11H23N/c1-11(2,3)12-9-10-7-5-4-6-8-10/h10,12H,4-9H2,1-3H3. The van der Waals surface area contributed by atoms with Crippen LogP contribution in [-0.2, 0) is 0 Å². The molecule has 1 N–H and O–H groups in total. The molecule has 1 saturated carbocycles. The van der Waals surface area contributed by atoms with Crippen molar-refractivity contribution in [3.05, 3.63) is 0 Å². The van der Waals surface area contributed by atoms with E-state index in [1.54, 1.807) is 0 Å². The summed E-state index contributed by atoms with van der Waals surface area (Å²) in [5.41, 5.74) is 0.303. The predicted molar refractivity (Wildman–Crippen MR) is 54.3 cm³/mol. The molecule has 0 aliphatic heterocycles. The van der Waals surface area contributed by atoms with E-state index in [0.717, 1.165) is 5.92 Å². The molecule has 1 heteroatoms. The van der Waals surface area contributed by atoms with Gasteiger partial charge in [-0.3, -0.25) is 0 Å². The van der Waals surface area contributed by atoms with Gasteiger partial charge in [-0.1, -0.05) is 19.3 Å². The molecule has 0 aromatic heterocycles. The first-order valence-corrected chi connectivity index (χ1v) is 5.33. The summed E-state index contributed by atoms with van der Waals surface area (Å²) in [6.45, 7) is 7.96. The lowest BCUT2D eigenvalue weighted by Gasteiger charge is -2.27. The highest BCUT2D eigenvalue weighted by molar-refractivity contribution is 4.75. The molecule has 1 fully saturated rings. The average molecular weight is 169 g/mol. The van der Waals surface area contributed by atoms with Gasteiger partial charge in [0.1, 0.15) is 0 Å². The quantitative estimate of drug-likeness (QED) is 0.670. The second-order valence-corrected chi connectivity index (χ2v) is 5.13. The topological polar surface area (TPSA) is 12.0 Å². The van der Waals surface area contributed by atoms with Crippen LogP contribution in [0, 0.1) is 5.92 Å². The molecule has 1 aliphatic carbocycles. The van der Waals surface area contributed by atoms with E-state index in [0.29, 0.717) is 5.54 Å². The molecule has 1 rings (SSSR count). The maximum Gasteiger partial charge on any atom is 0.00966 e. The van der Waals surface area contributed by atoms with Crippen molar-refractivity contribution in [3.8, 4) is 0 Å². The average Bonchev–Trinajstić information content (AvgIpc) is 2.02. The monoisotopic (exact) mass is 169 g/mol. The fraction of sp³-hybridized carbons (Fsp3) is 1.00. The smallest absolute Gasteiger partial charge is 0.00966 e. The summed E-state index contributed by atoms with van der Waals surface area (Å²) in [5, 5.41) is 3.59. The van der Waals surface area contributed by atoms with Gasteiger partial charge < -0.3 is 5.32 Å². The minimum Gasteiger partial charge on any atom is -0.312 e. The summed E-state index contributed by atoms with van der Waals surface area (Å²) in [6.07, 6.45) is 7.27. The van der Waals surface area contributed by atoms with Gasteiger partial charge in [0, 0.05) is 5.54 Å². The van der Waals surface area contributed by atoms with Gasteiger partial charge in [0.15, 0.2) is 0 Å². The Balaban J connectivity index is 2.13. The molecule has 0 unspecified atom stereocenters. The zero-order valence-corrected chi connectivity index (χ0v) is 8.82. The van der Waals surface area contributed by atoms with Gasteiger partial charge in [-0.25, -0.2) is 0 Å². The largest absolute Gasteiger partial charge is 0.312 e. The number of rotatable bonds is 2. The zero-order valence-electron chi connectivity index (χ0n) is 8.82. The summed E-state index contributed by atoms with van der Waals surface area (Å²) < 4.78 is 0. The highest BCUT2D eigenvalue weighted by Crippen LogP contribution is 2.23. The molecule has 0 atom stereocenters. The Labute approximate surface area is 76.9 Å². The first kappa shape index (κ1) is 10.0. The van der Waals surface area contributed by atoms with Crippen molar-refractivity contribution in [1.29, 1.82) is 0 Å². The van der Waals surface area contributed by atoms with E-state index in [9.17, 15) is 0 Å². The summed E-state index contributed by atoms with van der Waals surface area (Å²) in [6, 6.07) is 0. The van der Waals surface area contributed by atoms with Crippen LogP contribution in [0.3, 0.4) is 0 Å². The third-order valence-corrected chi connectivity index (χ3v) is 2.65. The Morgan fingerprint density at radius 3 is 2.17 bits per heavy atom. The van der Waals surface area contributed by atoms with Crippen molar-refractivity contribution in [2.75, 3.05) is 6.54 Å². The van der Waals surface area contributed by atoms with Gasteiger partial charge in [0.2, 0.25) is 0 Å². The first-order valence-electron chi connectivity index (χ1n) is 5.33. The van der Waals surface area contributed by atoms with Crippen molar-refractivity contribution in [3.63, 3.8) is 0 Å². The van der Waals surface area contributed by atoms with Crippen LogP contribution >= 0.6 is 0 Å². The van der Waals surface area contributed by atoms with Crippen molar-refractivity contribution in [2.45, 2.75) is 58.4 Å². The number of hydrogen-bond acceptors (Lipinski definition) is 1. The Hall–Kier alpha value is -0.0400. The molecule has 72 valence electrons. The highest BCUT2D eigenvalue weighted by atomic mass is 14.9. The van der Waals surface area contributed by atoms with Gasteiger partial charge in [-0.05, 0) is 46.1 Å². The molecule has 0 aromatic carbocycles. The minimum absolute atomic E-state index is 0.303. The van der Waals surface area contributed by atoms with E-state index in [4.69, 9.17) is 0 Å². The summed E-state index contributed by atoms with van der Waals surface area (Å²) in [7, 11) is 0. The molecule has 0 amide bonds. The second-order valence-electron chi connectivity index (χ2n) is 5.13. The molecule has 12 heavy (non-hydrogen) atoms. The Morgan fingerprint density at radius 1 is 1.08 bits per heavy atom. The molecule has 1 aliphatic rings. The summed E-state index contributed by atoms with van der Waals surface area (Å²) in [4.78, 5) is 0. The molecule has 1 nitrogen and oxygen atoms in total. The minimum atomic E-state index is 0.303. The van der Waals surface area contributed by atoms with E-state index in [2.05, 4.69) is 26.1 Å². The van der Waals surface area contributed by atoms with Crippen LogP contribution in [0.15, 0.2) is 0 Å². The van der Waals surface area contributed by atoms with Crippen LogP contribution in [0.1, 0.15) is 52.9 Å². The molecular formula is C11H23N. The second kappa shape index (κ2) is 4.27. The normalized spacial score (nSPS) is 21.2. The van der Waals surface area contributed by atoms with Gasteiger partial charge in [-0.2, -0.15) is 0 Å². The number of nitrogens with one attached hydrogen (secondary N) is 1. The maximum atomic E-state index is 3.59. The third kappa shape index (κ3) is 4.10.